The smallest absolute Gasteiger partial charge is 0.220 e. The second kappa shape index (κ2) is 30.9. The molecule has 9 N–H and O–H groups in total. The molecule has 14 nitrogen and oxygen atoms in total. The normalized spacial score (nSPS) is 29.6. The van der Waals surface area contributed by atoms with Crippen LogP contribution in [0.5, 0.6) is 0 Å². The fourth-order valence-electron chi connectivity index (χ4n) is 6.75. The lowest BCUT2D eigenvalue weighted by atomic mass is 9.97. The Bertz CT molecular complexity index is 1150. The van der Waals surface area contributed by atoms with E-state index in [1.54, 1.807) is 0 Å². The van der Waals surface area contributed by atoms with E-state index in [1.165, 1.54) is 0 Å². The average Bonchev–Trinajstić information content (AvgIpc) is 3.21. The number of carbonyl (C=O) groups excluding carboxylic acids is 1. The average molecular weight is 814 g/mol. The molecule has 0 saturated carbocycles. The molecule has 0 bridgehead atoms. The first kappa shape index (κ1) is 51.1. The monoisotopic (exact) mass is 814 g/mol. The first-order valence-corrected chi connectivity index (χ1v) is 21.4. The van der Waals surface area contributed by atoms with Crippen LogP contribution in [0.1, 0.15) is 123 Å². The van der Waals surface area contributed by atoms with Gasteiger partial charge in [0.15, 0.2) is 12.6 Å². The van der Waals surface area contributed by atoms with Gasteiger partial charge in [0.05, 0.1) is 32.0 Å². The van der Waals surface area contributed by atoms with Gasteiger partial charge in [0.25, 0.3) is 0 Å². The summed E-state index contributed by atoms with van der Waals surface area (Å²) in [7, 11) is 0. The van der Waals surface area contributed by atoms with Gasteiger partial charge in [-0.2, -0.15) is 0 Å². The van der Waals surface area contributed by atoms with Crippen LogP contribution in [-0.4, -0.2) is 140 Å². The number of amides is 1. The Hall–Kier alpha value is -2.05. The van der Waals surface area contributed by atoms with Crippen molar-refractivity contribution in [2.24, 2.45) is 0 Å². The van der Waals surface area contributed by atoms with Crippen molar-refractivity contribution in [2.45, 2.75) is 197 Å². The minimum atomic E-state index is -1.78. The molecule has 0 radical (unpaired) electrons. The van der Waals surface area contributed by atoms with Crippen molar-refractivity contribution in [3.8, 4) is 0 Å². The lowest BCUT2D eigenvalue weighted by Crippen LogP contribution is -2.65. The van der Waals surface area contributed by atoms with Crippen LogP contribution in [-0.2, 0) is 23.7 Å². The Labute approximate surface area is 340 Å². The number of nitrogens with one attached hydrogen (secondary N) is 1. The highest BCUT2D eigenvalue weighted by atomic mass is 16.7. The number of allylic oxidation sites excluding steroid dienone is 8. The van der Waals surface area contributed by atoms with E-state index in [2.05, 4.69) is 67.8 Å². The summed E-state index contributed by atoms with van der Waals surface area (Å²) < 4.78 is 22.5. The third kappa shape index (κ3) is 19.7. The van der Waals surface area contributed by atoms with E-state index < -0.39 is 86.8 Å². The molecular weight excluding hydrogens is 738 g/mol. The Morgan fingerprint density at radius 1 is 0.649 bits per heavy atom. The summed E-state index contributed by atoms with van der Waals surface area (Å²) in [6.45, 7) is 2.60. The van der Waals surface area contributed by atoms with Crippen LogP contribution in [0.4, 0.5) is 0 Å². The zero-order valence-corrected chi connectivity index (χ0v) is 34.3. The third-order valence-electron chi connectivity index (χ3n) is 10.3. The topological polar surface area (TPSA) is 228 Å². The maximum absolute atomic E-state index is 13.0. The fraction of sp³-hybridized carbons (Fsp3) is 0.791. The van der Waals surface area contributed by atoms with Crippen LogP contribution in [0.2, 0.25) is 0 Å². The first-order chi connectivity index (χ1) is 27.6. The van der Waals surface area contributed by atoms with Crippen LogP contribution in [0.25, 0.3) is 0 Å². The van der Waals surface area contributed by atoms with E-state index >= 15 is 0 Å². The number of unbranched alkanes of at least 4 members (excludes halogenated alkanes) is 9. The minimum absolute atomic E-state index is 0.240. The summed E-state index contributed by atoms with van der Waals surface area (Å²) in [5.41, 5.74) is 0. The van der Waals surface area contributed by atoms with Crippen molar-refractivity contribution in [1.29, 1.82) is 0 Å². The lowest BCUT2D eigenvalue weighted by Gasteiger charge is -2.46. The van der Waals surface area contributed by atoms with E-state index in [4.69, 9.17) is 18.9 Å². The highest BCUT2D eigenvalue weighted by molar-refractivity contribution is 5.76. The zero-order chi connectivity index (χ0) is 41.8. The molecule has 12 unspecified atom stereocenters. The Kier molecular flexibility index (Phi) is 27.7. The molecule has 14 heteroatoms. The number of aliphatic hydroxyl groups is 8. The van der Waals surface area contributed by atoms with Gasteiger partial charge < -0.3 is 65.1 Å². The number of hydrogen-bond acceptors (Lipinski definition) is 13. The molecule has 2 aliphatic heterocycles. The Balaban J connectivity index is 1.85. The van der Waals surface area contributed by atoms with Gasteiger partial charge in [0.1, 0.15) is 48.8 Å². The predicted molar refractivity (Wildman–Crippen MR) is 217 cm³/mol. The molecule has 330 valence electrons. The predicted octanol–water partition coefficient (Wildman–Crippen LogP) is 3.37. The molecule has 2 fully saturated rings. The van der Waals surface area contributed by atoms with Crippen molar-refractivity contribution in [2.75, 3.05) is 19.8 Å². The van der Waals surface area contributed by atoms with E-state index in [9.17, 15) is 45.6 Å². The van der Waals surface area contributed by atoms with E-state index in [0.29, 0.717) is 12.8 Å². The first-order valence-electron chi connectivity index (χ1n) is 21.4. The fourth-order valence-corrected chi connectivity index (χ4v) is 6.75. The SMILES string of the molecule is CC/C=C\C/C=C\C/C=C\C/C=C\CCCCCCC(=O)NC(COC1OC(CO)C(OC2OC(CO)C(O)C(O)C2O)C(O)C1O)C(O)CCCCCCCC. The van der Waals surface area contributed by atoms with E-state index in [0.717, 1.165) is 89.9 Å². The molecule has 0 aromatic carbocycles. The lowest BCUT2D eigenvalue weighted by molar-refractivity contribution is -0.359. The Morgan fingerprint density at radius 2 is 1.21 bits per heavy atom. The summed E-state index contributed by atoms with van der Waals surface area (Å²) in [5, 5.41) is 86.1. The third-order valence-corrected chi connectivity index (χ3v) is 10.3. The van der Waals surface area contributed by atoms with Gasteiger partial charge in [-0.1, -0.05) is 114 Å². The maximum Gasteiger partial charge on any atom is 0.220 e. The van der Waals surface area contributed by atoms with Crippen LogP contribution in [0, 0.1) is 0 Å². The molecule has 0 spiro atoms. The zero-order valence-electron chi connectivity index (χ0n) is 34.3. The van der Waals surface area contributed by atoms with Gasteiger partial charge in [0.2, 0.25) is 5.91 Å². The number of hydrogen-bond donors (Lipinski definition) is 9. The van der Waals surface area contributed by atoms with Crippen molar-refractivity contribution >= 4 is 5.91 Å². The molecule has 1 amide bonds. The van der Waals surface area contributed by atoms with Crippen LogP contribution < -0.4 is 5.32 Å². The molecule has 12 atom stereocenters. The largest absolute Gasteiger partial charge is 0.394 e. The number of rotatable bonds is 30. The quantitative estimate of drug-likeness (QED) is 0.0375. The summed E-state index contributed by atoms with van der Waals surface area (Å²) in [6.07, 6.45) is 15.9. The summed E-state index contributed by atoms with van der Waals surface area (Å²) in [4.78, 5) is 13.0. The van der Waals surface area contributed by atoms with Gasteiger partial charge in [0, 0.05) is 6.42 Å². The molecule has 0 aromatic heterocycles. The van der Waals surface area contributed by atoms with Crippen molar-refractivity contribution in [3.05, 3.63) is 48.6 Å². The molecule has 2 aliphatic rings. The molecule has 2 saturated heterocycles. The van der Waals surface area contributed by atoms with Gasteiger partial charge in [-0.25, -0.2) is 0 Å². The van der Waals surface area contributed by atoms with Crippen LogP contribution in [0.15, 0.2) is 48.6 Å². The summed E-state index contributed by atoms with van der Waals surface area (Å²) in [5.74, 6) is -0.240. The van der Waals surface area contributed by atoms with Crippen molar-refractivity contribution in [1.82, 2.24) is 5.32 Å². The van der Waals surface area contributed by atoms with Gasteiger partial charge >= 0.3 is 0 Å². The second-order valence-electron chi connectivity index (χ2n) is 15.1. The Morgan fingerprint density at radius 3 is 1.86 bits per heavy atom. The number of aliphatic hydroxyl groups excluding tert-OH is 8. The highest BCUT2D eigenvalue weighted by Crippen LogP contribution is 2.30. The molecule has 0 aliphatic carbocycles. The highest BCUT2D eigenvalue weighted by Gasteiger charge is 2.50. The molecule has 57 heavy (non-hydrogen) atoms. The molecular formula is C43H75NO13. The van der Waals surface area contributed by atoms with Gasteiger partial charge in [-0.15, -0.1) is 0 Å². The van der Waals surface area contributed by atoms with Gasteiger partial charge in [-0.05, 0) is 51.4 Å². The number of ether oxygens (including phenoxy) is 4. The van der Waals surface area contributed by atoms with Crippen molar-refractivity contribution in [3.63, 3.8) is 0 Å². The minimum Gasteiger partial charge on any atom is -0.394 e. The summed E-state index contributed by atoms with van der Waals surface area (Å²) in [6, 6.07) is -0.838. The van der Waals surface area contributed by atoms with E-state index in [1.807, 2.05) is 0 Å². The van der Waals surface area contributed by atoms with Gasteiger partial charge in [-0.3, -0.25) is 4.79 Å². The molecule has 0 aromatic rings. The second-order valence-corrected chi connectivity index (χ2v) is 15.1. The maximum atomic E-state index is 13.0. The van der Waals surface area contributed by atoms with Crippen molar-refractivity contribution < 1.29 is 64.6 Å². The molecule has 2 heterocycles. The van der Waals surface area contributed by atoms with Crippen LogP contribution in [0.3, 0.4) is 0 Å². The summed E-state index contributed by atoms with van der Waals surface area (Å²) >= 11 is 0. The van der Waals surface area contributed by atoms with E-state index in [-0.39, 0.29) is 18.9 Å². The standard InChI is InChI=1S/C43H75NO13/c1-3-5-7-9-11-12-13-14-15-16-17-18-19-20-21-23-25-27-35(48)44-31(32(47)26-24-22-10-8-6-4-2)30-54-42-40(53)38(51)41(34(29-46)56-42)57-43-39(52)37(50)36(49)33(28-45)55-43/h5,7,11-12,14-15,17-18,31-34,36-43,45-47,49-53H,3-4,6,8-10,13,16,19-30H2,1-2H3,(H,44,48)/b7-5-,12-11-,15-14-,18-17-. The number of carbonyl (C=O) groups is 1. The van der Waals surface area contributed by atoms with Crippen LogP contribution >= 0.6 is 0 Å². The molecule has 2 rings (SSSR count).